The minimum atomic E-state index is -0.708. The van der Waals surface area contributed by atoms with Gasteiger partial charge in [-0.05, 0) is 24.0 Å². The molecule has 4 heteroatoms. The summed E-state index contributed by atoms with van der Waals surface area (Å²) in [6.07, 6.45) is 4.45. The van der Waals surface area contributed by atoms with Crippen molar-refractivity contribution in [2.45, 2.75) is 43.6 Å². The minimum absolute atomic E-state index is 0.115. The Balaban J connectivity index is 2.25. The van der Waals surface area contributed by atoms with Crippen molar-refractivity contribution in [3.05, 3.63) is 35.4 Å². The fourth-order valence-electron chi connectivity index (χ4n) is 3.25. The van der Waals surface area contributed by atoms with Crippen LogP contribution < -0.4 is 0 Å². The molecule has 0 aromatic heterocycles. The van der Waals surface area contributed by atoms with Gasteiger partial charge in [0, 0.05) is 14.2 Å². The largest absolute Gasteiger partial charge is 0.481 e. The van der Waals surface area contributed by atoms with Gasteiger partial charge < -0.3 is 14.6 Å². The number of rotatable bonds is 6. The van der Waals surface area contributed by atoms with Crippen LogP contribution >= 0.6 is 0 Å². The Kier molecular flexibility index (Phi) is 5.37. The van der Waals surface area contributed by atoms with E-state index in [2.05, 4.69) is 0 Å². The molecule has 0 spiro atoms. The number of carboxylic acids is 1. The third kappa shape index (κ3) is 3.27. The average molecular weight is 292 g/mol. The molecule has 1 aromatic carbocycles. The van der Waals surface area contributed by atoms with Gasteiger partial charge in [0.25, 0.3) is 0 Å². The van der Waals surface area contributed by atoms with Crippen molar-refractivity contribution in [3.63, 3.8) is 0 Å². The molecule has 1 aliphatic rings. The van der Waals surface area contributed by atoms with Crippen molar-refractivity contribution in [1.29, 1.82) is 0 Å². The molecule has 1 aromatic rings. The maximum Gasteiger partial charge on any atom is 0.314 e. The van der Waals surface area contributed by atoms with Gasteiger partial charge in [0.05, 0.1) is 12.0 Å². The molecule has 1 N–H and O–H groups in total. The quantitative estimate of drug-likeness (QED) is 0.874. The summed E-state index contributed by atoms with van der Waals surface area (Å²) in [5, 5.41) is 9.71. The summed E-state index contributed by atoms with van der Waals surface area (Å²) in [5.74, 6) is -0.699. The molecule has 0 heterocycles. The van der Waals surface area contributed by atoms with Crippen molar-refractivity contribution in [2.24, 2.45) is 0 Å². The number of hydrogen-bond acceptors (Lipinski definition) is 3. The molecule has 1 aliphatic carbocycles. The van der Waals surface area contributed by atoms with Gasteiger partial charge in [-0.15, -0.1) is 0 Å². The Morgan fingerprint density at radius 3 is 2.29 bits per heavy atom. The molecule has 0 radical (unpaired) electrons. The van der Waals surface area contributed by atoms with Crippen molar-refractivity contribution in [2.75, 3.05) is 20.8 Å². The topological polar surface area (TPSA) is 55.8 Å². The van der Waals surface area contributed by atoms with Gasteiger partial charge >= 0.3 is 5.97 Å². The normalized spacial score (nSPS) is 19.1. The first-order valence-corrected chi connectivity index (χ1v) is 7.49. The predicted molar refractivity (Wildman–Crippen MR) is 80.5 cm³/mol. The van der Waals surface area contributed by atoms with Gasteiger partial charge in [-0.3, -0.25) is 4.79 Å². The highest BCUT2D eigenvalue weighted by Crippen LogP contribution is 2.40. The van der Waals surface area contributed by atoms with Crippen LogP contribution in [0.5, 0.6) is 0 Å². The number of ether oxygens (including phenoxy) is 2. The number of carbonyl (C=O) groups is 1. The number of aliphatic carboxylic acids is 1. The van der Waals surface area contributed by atoms with Crippen molar-refractivity contribution >= 4 is 5.97 Å². The average Bonchev–Trinajstić information content (AvgIpc) is 2.53. The Hall–Kier alpha value is -1.39. The van der Waals surface area contributed by atoms with Crippen LogP contribution in [0.1, 0.15) is 49.3 Å². The van der Waals surface area contributed by atoms with E-state index in [0.717, 1.165) is 43.2 Å². The molecule has 21 heavy (non-hydrogen) atoms. The first kappa shape index (κ1) is 16.0. The molecule has 4 nitrogen and oxygen atoms in total. The van der Waals surface area contributed by atoms with E-state index in [1.807, 2.05) is 24.3 Å². The standard InChI is InChI=1S/C17H24O4/c1-20-12-15(21-2)13-6-8-14(9-7-13)17(16(18)19)10-4-3-5-11-17/h6-9,15H,3-5,10-12H2,1-2H3,(H,18,19). The smallest absolute Gasteiger partial charge is 0.314 e. The van der Waals surface area contributed by atoms with E-state index in [1.165, 1.54) is 0 Å². The van der Waals surface area contributed by atoms with E-state index in [-0.39, 0.29) is 6.10 Å². The van der Waals surface area contributed by atoms with Crippen LogP contribution in [-0.4, -0.2) is 31.9 Å². The first-order valence-electron chi connectivity index (χ1n) is 7.49. The number of hydrogen-bond donors (Lipinski definition) is 1. The lowest BCUT2D eigenvalue weighted by Crippen LogP contribution is -2.37. The maximum absolute atomic E-state index is 11.8. The van der Waals surface area contributed by atoms with Gasteiger partial charge in [0.2, 0.25) is 0 Å². The monoisotopic (exact) mass is 292 g/mol. The van der Waals surface area contributed by atoms with Gasteiger partial charge in [-0.25, -0.2) is 0 Å². The second-order valence-electron chi connectivity index (χ2n) is 5.75. The summed E-state index contributed by atoms with van der Waals surface area (Å²) < 4.78 is 10.5. The minimum Gasteiger partial charge on any atom is -0.481 e. The van der Waals surface area contributed by atoms with Crippen LogP contribution in [0.4, 0.5) is 0 Å². The van der Waals surface area contributed by atoms with Gasteiger partial charge in [-0.2, -0.15) is 0 Å². The third-order valence-electron chi connectivity index (χ3n) is 4.55. The van der Waals surface area contributed by atoms with Crippen LogP contribution in [0.3, 0.4) is 0 Å². The van der Waals surface area contributed by atoms with E-state index in [9.17, 15) is 9.90 Å². The number of carboxylic acid groups (broad SMARTS) is 1. The molecule has 1 atom stereocenters. The molecular weight excluding hydrogens is 268 g/mol. The molecule has 1 saturated carbocycles. The second kappa shape index (κ2) is 7.05. The highest BCUT2D eigenvalue weighted by atomic mass is 16.5. The number of benzene rings is 1. The Labute approximate surface area is 126 Å². The van der Waals surface area contributed by atoms with E-state index in [4.69, 9.17) is 9.47 Å². The second-order valence-corrected chi connectivity index (χ2v) is 5.75. The van der Waals surface area contributed by atoms with Crippen molar-refractivity contribution < 1.29 is 19.4 Å². The molecule has 2 rings (SSSR count). The lowest BCUT2D eigenvalue weighted by atomic mass is 9.69. The molecular formula is C17H24O4. The molecule has 0 saturated heterocycles. The predicted octanol–water partition coefficient (Wildman–Crippen LogP) is 3.31. The fraction of sp³-hybridized carbons (Fsp3) is 0.588. The summed E-state index contributed by atoms with van der Waals surface area (Å²) in [5.41, 5.74) is 1.21. The zero-order valence-electron chi connectivity index (χ0n) is 12.8. The number of methoxy groups -OCH3 is 2. The highest BCUT2D eigenvalue weighted by molar-refractivity contribution is 5.81. The van der Waals surface area contributed by atoms with Crippen LogP contribution in [0.15, 0.2) is 24.3 Å². The van der Waals surface area contributed by atoms with Crippen LogP contribution in [0, 0.1) is 0 Å². The lowest BCUT2D eigenvalue weighted by Gasteiger charge is -2.33. The van der Waals surface area contributed by atoms with E-state index in [1.54, 1.807) is 14.2 Å². The summed E-state index contributed by atoms with van der Waals surface area (Å²) >= 11 is 0. The van der Waals surface area contributed by atoms with E-state index < -0.39 is 11.4 Å². The van der Waals surface area contributed by atoms with Gasteiger partial charge in [0.15, 0.2) is 0 Å². The SMILES string of the molecule is COCC(OC)c1ccc(C2(C(=O)O)CCCCC2)cc1. The van der Waals surface area contributed by atoms with Crippen molar-refractivity contribution in [3.8, 4) is 0 Å². The van der Waals surface area contributed by atoms with Crippen LogP contribution in [0.2, 0.25) is 0 Å². The molecule has 116 valence electrons. The first-order chi connectivity index (χ1) is 10.1. The van der Waals surface area contributed by atoms with E-state index >= 15 is 0 Å². The van der Waals surface area contributed by atoms with E-state index in [0.29, 0.717) is 6.61 Å². The zero-order chi connectivity index (χ0) is 15.3. The third-order valence-corrected chi connectivity index (χ3v) is 4.55. The Bertz CT molecular complexity index is 460. The Morgan fingerprint density at radius 1 is 1.19 bits per heavy atom. The maximum atomic E-state index is 11.8. The van der Waals surface area contributed by atoms with Crippen LogP contribution in [-0.2, 0) is 19.7 Å². The van der Waals surface area contributed by atoms with Gasteiger partial charge in [0.1, 0.15) is 6.10 Å². The fourth-order valence-corrected chi connectivity index (χ4v) is 3.25. The Morgan fingerprint density at radius 2 is 1.81 bits per heavy atom. The summed E-state index contributed by atoms with van der Waals surface area (Å²) in [6, 6.07) is 7.80. The molecule has 1 unspecified atom stereocenters. The molecule has 0 aliphatic heterocycles. The van der Waals surface area contributed by atoms with Crippen molar-refractivity contribution in [1.82, 2.24) is 0 Å². The summed E-state index contributed by atoms with van der Waals surface area (Å²) in [7, 11) is 3.29. The zero-order valence-corrected chi connectivity index (χ0v) is 12.8. The lowest BCUT2D eigenvalue weighted by molar-refractivity contribution is -0.145. The van der Waals surface area contributed by atoms with Crippen LogP contribution in [0.25, 0.3) is 0 Å². The van der Waals surface area contributed by atoms with Gasteiger partial charge in [-0.1, -0.05) is 43.5 Å². The summed E-state index contributed by atoms with van der Waals surface area (Å²) in [4.78, 5) is 11.8. The molecule has 0 amide bonds. The molecule has 0 bridgehead atoms. The highest BCUT2D eigenvalue weighted by Gasteiger charge is 2.41. The summed E-state index contributed by atoms with van der Waals surface area (Å²) in [6.45, 7) is 0.486. The molecule has 1 fully saturated rings.